The van der Waals surface area contributed by atoms with Crippen molar-refractivity contribution >= 4 is 0 Å². The Morgan fingerprint density at radius 1 is 1.41 bits per heavy atom. The lowest BCUT2D eigenvalue weighted by molar-refractivity contribution is 0.277. The van der Waals surface area contributed by atoms with Crippen LogP contribution in [-0.4, -0.2) is 13.1 Å². The van der Waals surface area contributed by atoms with Crippen molar-refractivity contribution in [2.75, 3.05) is 13.1 Å². The predicted octanol–water partition coefficient (Wildman–Crippen LogP) is 3.28. The highest BCUT2D eigenvalue weighted by Gasteiger charge is 2.43. The topological polar surface area (TPSA) is 12.0 Å². The first-order chi connectivity index (χ1) is 8.24. The maximum Gasteiger partial charge on any atom is 0.00323 e. The Hall–Kier alpha value is -0.820. The lowest BCUT2D eigenvalue weighted by Gasteiger charge is -2.37. The van der Waals surface area contributed by atoms with Crippen LogP contribution in [0, 0.1) is 5.41 Å². The zero-order chi connectivity index (χ0) is 11.9. The van der Waals surface area contributed by atoms with Gasteiger partial charge in [-0.3, -0.25) is 0 Å². The average Bonchev–Trinajstić information content (AvgIpc) is 2.72. The Morgan fingerprint density at radius 3 is 3.12 bits per heavy atom. The van der Waals surface area contributed by atoms with Gasteiger partial charge >= 0.3 is 0 Å². The van der Waals surface area contributed by atoms with Crippen LogP contribution in [0.1, 0.15) is 49.3 Å². The van der Waals surface area contributed by atoms with Gasteiger partial charge in [0.15, 0.2) is 0 Å². The maximum absolute atomic E-state index is 3.60. The van der Waals surface area contributed by atoms with Gasteiger partial charge in [0.2, 0.25) is 0 Å². The molecule has 1 saturated heterocycles. The maximum atomic E-state index is 3.60. The van der Waals surface area contributed by atoms with E-state index >= 15 is 0 Å². The van der Waals surface area contributed by atoms with E-state index in [1.807, 2.05) is 0 Å². The van der Waals surface area contributed by atoms with Crippen molar-refractivity contribution in [1.29, 1.82) is 0 Å². The summed E-state index contributed by atoms with van der Waals surface area (Å²) in [6.07, 6.45) is 5.16. The van der Waals surface area contributed by atoms with E-state index in [0.29, 0.717) is 5.41 Å². The van der Waals surface area contributed by atoms with Gasteiger partial charge in [-0.15, -0.1) is 0 Å². The van der Waals surface area contributed by atoms with E-state index in [1.165, 1.54) is 38.8 Å². The van der Waals surface area contributed by atoms with Crippen LogP contribution in [0.5, 0.6) is 0 Å². The molecule has 2 atom stereocenters. The standard InChI is InChI=1S/C16H23N/c1-3-5-12-6-4-7-14-13(12)8-9-16(2)11-17-10-15(14)16/h4,6-7,15,17H,3,5,8-11H2,1-2H3/t15-,16+/m0/s1. The van der Waals surface area contributed by atoms with Crippen molar-refractivity contribution in [2.24, 2.45) is 5.41 Å². The average molecular weight is 229 g/mol. The second-order valence-corrected chi connectivity index (χ2v) is 6.07. The van der Waals surface area contributed by atoms with Gasteiger partial charge in [0.1, 0.15) is 0 Å². The Bertz CT molecular complexity index is 424. The van der Waals surface area contributed by atoms with Gasteiger partial charge in [0.25, 0.3) is 0 Å². The zero-order valence-corrected chi connectivity index (χ0v) is 11.1. The van der Waals surface area contributed by atoms with E-state index in [9.17, 15) is 0 Å². The van der Waals surface area contributed by atoms with Crippen molar-refractivity contribution in [3.63, 3.8) is 0 Å². The number of rotatable bonds is 2. The van der Waals surface area contributed by atoms with Gasteiger partial charge in [-0.05, 0) is 41.4 Å². The smallest absolute Gasteiger partial charge is 0.00323 e. The minimum absolute atomic E-state index is 0.512. The van der Waals surface area contributed by atoms with Crippen molar-refractivity contribution in [1.82, 2.24) is 5.32 Å². The van der Waals surface area contributed by atoms with Crippen LogP contribution in [0.2, 0.25) is 0 Å². The summed E-state index contributed by atoms with van der Waals surface area (Å²) in [6, 6.07) is 6.99. The zero-order valence-electron chi connectivity index (χ0n) is 11.1. The molecule has 1 nitrogen and oxygen atoms in total. The van der Waals surface area contributed by atoms with E-state index < -0.39 is 0 Å². The van der Waals surface area contributed by atoms with Crippen molar-refractivity contribution in [2.45, 2.75) is 45.4 Å². The van der Waals surface area contributed by atoms with Gasteiger partial charge in [-0.2, -0.15) is 0 Å². The van der Waals surface area contributed by atoms with E-state index in [1.54, 1.807) is 16.7 Å². The molecule has 0 radical (unpaired) electrons. The van der Waals surface area contributed by atoms with Crippen LogP contribution in [0.25, 0.3) is 0 Å². The third kappa shape index (κ3) is 1.72. The molecule has 0 saturated carbocycles. The first kappa shape index (κ1) is 11.3. The molecule has 1 N–H and O–H groups in total. The van der Waals surface area contributed by atoms with Gasteiger partial charge in [-0.1, -0.05) is 38.5 Å². The molecule has 0 unspecified atom stereocenters. The van der Waals surface area contributed by atoms with Crippen LogP contribution in [0.15, 0.2) is 18.2 Å². The van der Waals surface area contributed by atoms with Crippen molar-refractivity contribution < 1.29 is 0 Å². The molecule has 1 aromatic rings. The quantitative estimate of drug-likeness (QED) is 0.820. The second kappa shape index (κ2) is 4.13. The Kier molecular flexibility index (Phi) is 2.74. The molecule has 0 spiro atoms. The second-order valence-electron chi connectivity index (χ2n) is 6.07. The molecule has 1 heteroatoms. The normalized spacial score (nSPS) is 31.1. The lowest BCUT2D eigenvalue weighted by Crippen LogP contribution is -2.30. The Balaban J connectivity index is 2.04. The molecule has 1 fully saturated rings. The van der Waals surface area contributed by atoms with E-state index in [-0.39, 0.29) is 0 Å². The molecular weight excluding hydrogens is 206 g/mol. The molecule has 0 amide bonds. The summed E-state index contributed by atoms with van der Waals surface area (Å²) >= 11 is 0. The summed E-state index contributed by atoms with van der Waals surface area (Å²) in [5.74, 6) is 0.753. The SMILES string of the molecule is CCCc1cccc2c1CC[C@]1(C)CNC[C@@H]21. The number of fused-ring (bicyclic) bond motifs is 3. The molecule has 2 aliphatic rings. The first-order valence-electron chi connectivity index (χ1n) is 7.06. The van der Waals surface area contributed by atoms with Crippen LogP contribution in [0.4, 0.5) is 0 Å². The van der Waals surface area contributed by atoms with E-state index in [2.05, 4.69) is 37.4 Å². The van der Waals surface area contributed by atoms with Gasteiger partial charge < -0.3 is 5.32 Å². The van der Waals surface area contributed by atoms with E-state index in [4.69, 9.17) is 0 Å². The Labute approximate surface area is 105 Å². The molecule has 92 valence electrons. The summed E-state index contributed by atoms with van der Waals surface area (Å²) in [5.41, 5.74) is 5.45. The monoisotopic (exact) mass is 229 g/mol. The van der Waals surface area contributed by atoms with Crippen LogP contribution in [-0.2, 0) is 12.8 Å². The molecule has 0 bridgehead atoms. The number of hydrogen-bond acceptors (Lipinski definition) is 1. The molecular formula is C16H23N. The highest BCUT2D eigenvalue weighted by molar-refractivity contribution is 5.42. The van der Waals surface area contributed by atoms with E-state index in [0.717, 1.165) is 5.92 Å². The summed E-state index contributed by atoms with van der Waals surface area (Å²) in [6.45, 7) is 7.13. The number of nitrogens with one attached hydrogen (secondary N) is 1. The molecule has 3 rings (SSSR count). The Morgan fingerprint density at radius 2 is 2.29 bits per heavy atom. The number of benzene rings is 1. The van der Waals surface area contributed by atoms with Crippen molar-refractivity contribution in [3.8, 4) is 0 Å². The summed E-state index contributed by atoms with van der Waals surface area (Å²) in [4.78, 5) is 0. The summed E-state index contributed by atoms with van der Waals surface area (Å²) in [5, 5.41) is 3.60. The van der Waals surface area contributed by atoms with Crippen LogP contribution >= 0.6 is 0 Å². The molecule has 0 aromatic heterocycles. The molecule has 1 aliphatic carbocycles. The highest BCUT2D eigenvalue weighted by Crippen LogP contribution is 2.48. The van der Waals surface area contributed by atoms with Crippen LogP contribution < -0.4 is 5.32 Å². The van der Waals surface area contributed by atoms with Crippen molar-refractivity contribution in [3.05, 3.63) is 34.9 Å². The number of aryl methyl sites for hydroxylation is 1. The minimum atomic E-state index is 0.512. The van der Waals surface area contributed by atoms with Gasteiger partial charge in [0.05, 0.1) is 0 Å². The lowest BCUT2D eigenvalue weighted by atomic mass is 9.66. The molecule has 1 aromatic carbocycles. The molecule has 1 heterocycles. The highest BCUT2D eigenvalue weighted by atomic mass is 14.9. The fraction of sp³-hybridized carbons (Fsp3) is 0.625. The summed E-state index contributed by atoms with van der Waals surface area (Å²) < 4.78 is 0. The number of hydrogen-bond donors (Lipinski definition) is 1. The first-order valence-corrected chi connectivity index (χ1v) is 7.06. The van der Waals surface area contributed by atoms with Gasteiger partial charge in [-0.25, -0.2) is 0 Å². The fourth-order valence-electron chi connectivity index (χ4n) is 3.82. The third-order valence-electron chi connectivity index (χ3n) is 4.87. The summed E-state index contributed by atoms with van der Waals surface area (Å²) in [7, 11) is 0. The largest absolute Gasteiger partial charge is 0.316 e. The molecule has 17 heavy (non-hydrogen) atoms. The van der Waals surface area contributed by atoms with Crippen LogP contribution in [0.3, 0.4) is 0 Å². The predicted molar refractivity (Wildman–Crippen MR) is 72.5 cm³/mol. The van der Waals surface area contributed by atoms with Gasteiger partial charge in [0, 0.05) is 19.0 Å². The molecule has 1 aliphatic heterocycles. The minimum Gasteiger partial charge on any atom is -0.316 e. The third-order valence-corrected chi connectivity index (χ3v) is 4.87. The fourth-order valence-corrected chi connectivity index (χ4v) is 3.82.